The van der Waals surface area contributed by atoms with E-state index in [9.17, 15) is 18.5 Å². The first-order chi connectivity index (χ1) is 12.4. The van der Waals surface area contributed by atoms with Crippen molar-refractivity contribution in [2.75, 3.05) is 19.6 Å². The van der Waals surface area contributed by atoms with Crippen LogP contribution in [0.5, 0.6) is 0 Å². The summed E-state index contributed by atoms with van der Waals surface area (Å²) in [5.41, 5.74) is 5.43. The van der Waals surface area contributed by atoms with Gasteiger partial charge in [-0.1, -0.05) is 12.1 Å². The van der Waals surface area contributed by atoms with Gasteiger partial charge in [0.2, 0.25) is 10.0 Å². The molecule has 1 heterocycles. The minimum Gasteiger partial charge on any atom is -0.370 e. The first-order valence-corrected chi connectivity index (χ1v) is 10.0. The Kier molecular flexibility index (Phi) is 7.06. The van der Waals surface area contributed by atoms with Crippen LogP contribution in [-0.4, -0.2) is 38.9 Å². The number of nitrogens with one attached hydrogen (secondary N) is 2. The molecule has 140 valence electrons. The van der Waals surface area contributed by atoms with Gasteiger partial charge in [-0.15, -0.1) is 11.3 Å². The molecule has 0 bridgehead atoms. The number of nitrogens with zero attached hydrogens (tertiary/aromatic N) is 2. The van der Waals surface area contributed by atoms with E-state index in [1.807, 2.05) is 17.5 Å². The Hall–Kier alpha value is -2.50. The van der Waals surface area contributed by atoms with Gasteiger partial charge in [0.15, 0.2) is 5.96 Å². The number of nitro benzene ring substituents is 1. The normalized spacial score (nSPS) is 12.1. The SMILES string of the molecule is NC(=NCCNS(=O)(=O)c1cccc([N+](=O)[O-])c1)NCCc1cccs1. The second-order valence-corrected chi connectivity index (χ2v) is 7.97. The van der Waals surface area contributed by atoms with Gasteiger partial charge in [0.05, 0.1) is 16.4 Å². The van der Waals surface area contributed by atoms with Crippen molar-refractivity contribution < 1.29 is 13.3 Å². The first kappa shape index (κ1) is 19.8. The van der Waals surface area contributed by atoms with Crippen molar-refractivity contribution in [2.45, 2.75) is 11.3 Å². The van der Waals surface area contributed by atoms with Gasteiger partial charge in [-0.25, -0.2) is 13.1 Å². The smallest absolute Gasteiger partial charge is 0.270 e. The Morgan fingerprint density at radius 2 is 2.08 bits per heavy atom. The molecule has 0 saturated carbocycles. The molecule has 0 aliphatic carbocycles. The number of sulfonamides is 1. The molecule has 0 radical (unpaired) electrons. The van der Waals surface area contributed by atoms with E-state index in [1.54, 1.807) is 11.3 Å². The number of guanidine groups is 1. The lowest BCUT2D eigenvalue weighted by molar-refractivity contribution is -0.385. The number of hydrogen-bond donors (Lipinski definition) is 3. The topological polar surface area (TPSA) is 140 Å². The Morgan fingerprint density at radius 3 is 2.77 bits per heavy atom. The van der Waals surface area contributed by atoms with Crippen LogP contribution >= 0.6 is 11.3 Å². The second kappa shape index (κ2) is 9.27. The summed E-state index contributed by atoms with van der Waals surface area (Å²) < 4.78 is 26.6. The van der Waals surface area contributed by atoms with Crippen LogP contribution in [0.4, 0.5) is 5.69 Å². The Morgan fingerprint density at radius 1 is 1.27 bits per heavy atom. The van der Waals surface area contributed by atoms with E-state index in [-0.39, 0.29) is 29.6 Å². The number of hydrogen-bond acceptors (Lipinski definition) is 6. The summed E-state index contributed by atoms with van der Waals surface area (Å²) >= 11 is 1.66. The van der Waals surface area contributed by atoms with Gasteiger partial charge >= 0.3 is 0 Å². The van der Waals surface area contributed by atoms with Gasteiger partial charge < -0.3 is 11.1 Å². The highest BCUT2D eigenvalue weighted by molar-refractivity contribution is 7.89. The third kappa shape index (κ3) is 6.10. The monoisotopic (exact) mass is 397 g/mol. The van der Waals surface area contributed by atoms with E-state index in [2.05, 4.69) is 15.0 Å². The molecule has 0 saturated heterocycles. The Balaban J connectivity index is 1.78. The molecule has 0 aliphatic heterocycles. The highest BCUT2D eigenvalue weighted by atomic mass is 32.2. The molecule has 0 unspecified atom stereocenters. The molecule has 11 heteroatoms. The molecule has 0 fully saturated rings. The highest BCUT2D eigenvalue weighted by Crippen LogP contribution is 2.16. The maximum atomic E-state index is 12.1. The lowest BCUT2D eigenvalue weighted by Gasteiger charge is -2.07. The molecule has 9 nitrogen and oxygen atoms in total. The second-order valence-electron chi connectivity index (χ2n) is 5.18. The minimum atomic E-state index is -3.84. The van der Waals surface area contributed by atoms with E-state index in [0.29, 0.717) is 6.54 Å². The van der Waals surface area contributed by atoms with Crippen LogP contribution in [0.25, 0.3) is 0 Å². The zero-order valence-electron chi connectivity index (χ0n) is 13.8. The van der Waals surface area contributed by atoms with Gasteiger partial charge in [0.25, 0.3) is 5.69 Å². The zero-order chi connectivity index (χ0) is 19.0. The van der Waals surface area contributed by atoms with Crippen LogP contribution in [0, 0.1) is 10.1 Å². The maximum Gasteiger partial charge on any atom is 0.270 e. The molecule has 0 spiro atoms. The number of aliphatic imine (C=N–C) groups is 1. The van der Waals surface area contributed by atoms with Gasteiger partial charge in [0, 0.05) is 30.1 Å². The van der Waals surface area contributed by atoms with Gasteiger partial charge in [-0.2, -0.15) is 0 Å². The van der Waals surface area contributed by atoms with Crippen molar-refractivity contribution >= 4 is 33.0 Å². The van der Waals surface area contributed by atoms with Crippen LogP contribution < -0.4 is 15.8 Å². The fourth-order valence-corrected chi connectivity index (χ4v) is 3.80. The molecule has 2 aromatic rings. The van der Waals surface area contributed by atoms with Crippen LogP contribution in [-0.2, 0) is 16.4 Å². The number of rotatable bonds is 9. The van der Waals surface area contributed by atoms with E-state index in [1.165, 1.54) is 23.1 Å². The van der Waals surface area contributed by atoms with Gasteiger partial charge in [-0.3, -0.25) is 15.1 Å². The zero-order valence-corrected chi connectivity index (χ0v) is 15.4. The summed E-state index contributed by atoms with van der Waals surface area (Å²) in [7, 11) is -3.84. The van der Waals surface area contributed by atoms with Crippen molar-refractivity contribution in [1.82, 2.24) is 10.0 Å². The summed E-state index contributed by atoms with van der Waals surface area (Å²) in [6, 6.07) is 8.85. The third-order valence-electron chi connectivity index (χ3n) is 3.28. The molecule has 0 aliphatic rings. The summed E-state index contributed by atoms with van der Waals surface area (Å²) in [5.74, 6) is 0.233. The number of nitro groups is 1. The van der Waals surface area contributed by atoms with Crippen LogP contribution in [0.15, 0.2) is 51.7 Å². The molecule has 4 N–H and O–H groups in total. The largest absolute Gasteiger partial charge is 0.370 e. The Bertz CT molecular complexity index is 866. The van der Waals surface area contributed by atoms with Crippen LogP contribution in [0.3, 0.4) is 0 Å². The Labute approximate surface area is 155 Å². The maximum absolute atomic E-state index is 12.1. The number of nitrogens with two attached hydrogens (primary N) is 1. The third-order valence-corrected chi connectivity index (χ3v) is 5.68. The average molecular weight is 397 g/mol. The molecule has 26 heavy (non-hydrogen) atoms. The van der Waals surface area contributed by atoms with E-state index < -0.39 is 14.9 Å². The highest BCUT2D eigenvalue weighted by Gasteiger charge is 2.16. The van der Waals surface area contributed by atoms with Crippen molar-refractivity contribution in [3.63, 3.8) is 0 Å². The molecular weight excluding hydrogens is 378 g/mol. The fraction of sp³-hybridized carbons (Fsp3) is 0.267. The fourth-order valence-electron chi connectivity index (χ4n) is 2.03. The van der Waals surface area contributed by atoms with Crippen molar-refractivity contribution in [3.8, 4) is 0 Å². The van der Waals surface area contributed by atoms with E-state index in [0.717, 1.165) is 12.5 Å². The summed E-state index contributed by atoms with van der Waals surface area (Å²) in [5, 5.41) is 15.7. The first-order valence-electron chi connectivity index (χ1n) is 7.69. The standard InChI is InChI=1S/C15H19N5O4S2/c16-15(17-7-6-13-4-2-10-25-13)18-8-9-19-26(23,24)14-5-1-3-12(11-14)20(21)22/h1-5,10-11,19H,6-9H2,(H3,16,17,18). The summed E-state index contributed by atoms with van der Waals surface area (Å²) in [6.45, 7) is 0.805. The minimum absolute atomic E-state index is 0.0261. The quantitative estimate of drug-likeness (QED) is 0.190. The molecular formula is C15H19N5O4S2. The van der Waals surface area contributed by atoms with Crippen LogP contribution in [0.2, 0.25) is 0 Å². The lowest BCUT2D eigenvalue weighted by atomic mass is 10.3. The lowest BCUT2D eigenvalue weighted by Crippen LogP contribution is -2.34. The number of non-ortho nitro benzene ring substituents is 1. The molecule has 0 amide bonds. The van der Waals surface area contributed by atoms with E-state index in [4.69, 9.17) is 5.73 Å². The molecule has 0 atom stereocenters. The summed E-state index contributed by atoms with van der Waals surface area (Å²) in [6.07, 6.45) is 0.827. The van der Waals surface area contributed by atoms with Crippen molar-refractivity contribution in [1.29, 1.82) is 0 Å². The van der Waals surface area contributed by atoms with Crippen LogP contribution in [0.1, 0.15) is 4.88 Å². The predicted molar refractivity (Wildman–Crippen MR) is 101 cm³/mol. The van der Waals surface area contributed by atoms with Gasteiger partial charge in [0.1, 0.15) is 0 Å². The molecule has 1 aromatic heterocycles. The molecule has 2 rings (SSSR count). The molecule has 1 aromatic carbocycles. The van der Waals surface area contributed by atoms with Gasteiger partial charge in [-0.05, 0) is 23.9 Å². The number of thiophene rings is 1. The van der Waals surface area contributed by atoms with Crippen molar-refractivity contribution in [3.05, 3.63) is 56.8 Å². The number of benzene rings is 1. The predicted octanol–water partition coefficient (Wildman–Crippen LogP) is 1.08. The van der Waals surface area contributed by atoms with E-state index >= 15 is 0 Å². The average Bonchev–Trinajstić information content (AvgIpc) is 3.12. The summed E-state index contributed by atoms with van der Waals surface area (Å²) in [4.78, 5) is 15.2. The van der Waals surface area contributed by atoms with Crippen molar-refractivity contribution in [2.24, 2.45) is 10.7 Å².